The van der Waals surface area contributed by atoms with Crippen molar-refractivity contribution in [3.63, 3.8) is 0 Å². The van der Waals surface area contributed by atoms with Crippen LogP contribution in [0.5, 0.6) is 0 Å². The minimum absolute atomic E-state index is 0.256. The number of carboxylic acids is 1. The van der Waals surface area contributed by atoms with Crippen LogP contribution < -0.4 is 5.73 Å². The van der Waals surface area contributed by atoms with Crippen molar-refractivity contribution in [2.75, 3.05) is 6.61 Å². The first-order valence-corrected chi connectivity index (χ1v) is 4.91. The Balaban J connectivity index is 4.75. The summed E-state index contributed by atoms with van der Waals surface area (Å²) < 4.78 is 4.87. The van der Waals surface area contributed by atoms with Crippen molar-refractivity contribution in [2.45, 2.75) is 37.4 Å². The Labute approximate surface area is 97.6 Å². The van der Waals surface area contributed by atoms with Gasteiger partial charge < -0.3 is 35.7 Å². The normalized spacial score (nSPS) is 20.1. The number of hydrogen-bond acceptors (Lipinski definition) is 7. The number of rotatable bonds is 8. The first kappa shape index (κ1) is 15.9. The number of aliphatic carboxylic acids is 1. The van der Waals surface area contributed by atoms with Crippen molar-refractivity contribution >= 4 is 12.3 Å². The van der Waals surface area contributed by atoms with Gasteiger partial charge in [0.1, 0.15) is 24.6 Å². The number of ether oxygens (including phenoxy) is 1. The quantitative estimate of drug-likeness (QED) is 0.288. The Morgan fingerprint density at radius 3 is 2.35 bits per heavy atom. The van der Waals surface area contributed by atoms with Crippen LogP contribution in [0.2, 0.25) is 0 Å². The van der Waals surface area contributed by atoms with E-state index in [1.165, 1.54) is 6.92 Å². The summed E-state index contributed by atoms with van der Waals surface area (Å²) in [5, 5.41) is 36.0. The zero-order valence-electron chi connectivity index (χ0n) is 9.26. The van der Waals surface area contributed by atoms with E-state index in [0.29, 0.717) is 0 Å². The van der Waals surface area contributed by atoms with Crippen LogP contribution in [0.15, 0.2) is 0 Å². The second kappa shape index (κ2) is 7.30. The topological polar surface area (TPSA) is 150 Å². The predicted octanol–water partition coefficient (Wildman–Crippen LogP) is -2.91. The summed E-state index contributed by atoms with van der Waals surface area (Å²) in [6.45, 7) is 0.416. The third-order valence-electron chi connectivity index (χ3n) is 2.16. The van der Waals surface area contributed by atoms with E-state index in [2.05, 4.69) is 0 Å². The molecule has 0 aliphatic rings. The molecule has 6 N–H and O–H groups in total. The third-order valence-corrected chi connectivity index (χ3v) is 2.16. The lowest BCUT2D eigenvalue weighted by molar-refractivity contribution is -0.166. The van der Waals surface area contributed by atoms with Crippen LogP contribution in [0.25, 0.3) is 0 Å². The summed E-state index contributed by atoms with van der Waals surface area (Å²) in [6, 6.07) is -1.31. The molecule has 0 saturated carbocycles. The summed E-state index contributed by atoms with van der Waals surface area (Å²) in [5.74, 6) is -1.31. The van der Waals surface area contributed by atoms with Gasteiger partial charge in [-0.2, -0.15) is 0 Å². The fourth-order valence-electron chi connectivity index (χ4n) is 1.10. The average molecular weight is 251 g/mol. The maximum atomic E-state index is 10.6. The molecular weight excluding hydrogens is 234 g/mol. The first-order chi connectivity index (χ1) is 7.84. The van der Waals surface area contributed by atoms with E-state index >= 15 is 0 Å². The molecule has 0 aliphatic heterocycles. The van der Waals surface area contributed by atoms with Gasteiger partial charge >= 0.3 is 5.97 Å². The standard InChI is InChI=1S/C9H17NO7/c1-4(9(15)16)17-8(5(10)2-11)7(14)6(13)3-12/h2,4-8,12-14H,3,10H2,1H3,(H,15,16)/t4?,5-,6+,7+,8+/m0/s1. The van der Waals surface area contributed by atoms with Gasteiger partial charge in [0.2, 0.25) is 0 Å². The lowest BCUT2D eigenvalue weighted by Gasteiger charge is -2.29. The van der Waals surface area contributed by atoms with E-state index in [1.54, 1.807) is 0 Å². The number of hydrogen-bond donors (Lipinski definition) is 5. The Morgan fingerprint density at radius 1 is 1.47 bits per heavy atom. The summed E-state index contributed by atoms with van der Waals surface area (Å²) in [4.78, 5) is 21.1. The molecular formula is C9H17NO7. The number of aldehydes is 1. The number of nitrogens with two attached hydrogens (primary N) is 1. The second-order valence-electron chi connectivity index (χ2n) is 3.54. The molecule has 0 aromatic heterocycles. The van der Waals surface area contributed by atoms with Gasteiger partial charge in [0.15, 0.2) is 6.10 Å². The fraction of sp³-hybridized carbons (Fsp3) is 0.778. The third kappa shape index (κ3) is 4.75. The highest BCUT2D eigenvalue weighted by Crippen LogP contribution is 2.10. The minimum atomic E-state index is -1.66. The molecule has 0 bridgehead atoms. The highest BCUT2D eigenvalue weighted by molar-refractivity contribution is 5.71. The maximum Gasteiger partial charge on any atom is 0.332 e. The predicted molar refractivity (Wildman–Crippen MR) is 55.1 cm³/mol. The number of carboxylic acid groups (broad SMARTS) is 1. The largest absolute Gasteiger partial charge is 0.479 e. The van der Waals surface area contributed by atoms with E-state index in [0.717, 1.165) is 0 Å². The number of aliphatic hydroxyl groups is 3. The SMILES string of the molecule is CC(O[C@@H]([C@H](O)[C@H](O)CO)[C@@H](N)C=O)C(=O)O. The highest BCUT2D eigenvalue weighted by Gasteiger charge is 2.34. The van der Waals surface area contributed by atoms with Gasteiger partial charge in [-0.25, -0.2) is 4.79 Å². The summed E-state index contributed by atoms with van der Waals surface area (Å²) in [7, 11) is 0. The van der Waals surface area contributed by atoms with Crippen LogP contribution >= 0.6 is 0 Å². The van der Waals surface area contributed by atoms with Gasteiger partial charge in [-0.15, -0.1) is 0 Å². The Bertz CT molecular complexity index is 260. The monoisotopic (exact) mass is 251 g/mol. The van der Waals surface area contributed by atoms with Crippen molar-refractivity contribution in [3.05, 3.63) is 0 Å². The molecule has 0 spiro atoms. The van der Waals surface area contributed by atoms with Gasteiger partial charge in [0.25, 0.3) is 0 Å². The molecule has 0 fully saturated rings. The Kier molecular flexibility index (Phi) is 6.85. The molecule has 0 aliphatic carbocycles. The molecule has 0 amide bonds. The van der Waals surface area contributed by atoms with Gasteiger partial charge in [-0.05, 0) is 6.92 Å². The smallest absolute Gasteiger partial charge is 0.332 e. The summed E-state index contributed by atoms with van der Waals surface area (Å²) in [5.41, 5.74) is 5.32. The molecule has 100 valence electrons. The molecule has 5 atom stereocenters. The zero-order chi connectivity index (χ0) is 13.6. The van der Waals surface area contributed by atoms with Gasteiger partial charge in [0.05, 0.1) is 12.6 Å². The van der Waals surface area contributed by atoms with Crippen LogP contribution in [-0.4, -0.2) is 69.7 Å². The van der Waals surface area contributed by atoms with Gasteiger partial charge in [-0.1, -0.05) is 0 Å². The zero-order valence-corrected chi connectivity index (χ0v) is 9.26. The van der Waals surface area contributed by atoms with Crippen molar-refractivity contribution in [3.8, 4) is 0 Å². The molecule has 0 saturated heterocycles. The average Bonchev–Trinajstić information content (AvgIpc) is 2.32. The minimum Gasteiger partial charge on any atom is -0.479 e. The molecule has 17 heavy (non-hydrogen) atoms. The van der Waals surface area contributed by atoms with Crippen molar-refractivity contribution in [1.29, 1.82) is 0 Å². The summed E-state index contributed by atoms with van der Waals surface area (Å²) in [6.07, 6.45) is -5.71. The number of aliphatic hydroxyl groups excluding tert-OH is 3. The lowest BCUT2D eigenvalue weighted by Crippen LogP contribution is -2.53. The molecule has 8 nitrogen and oxygen atoms in total. The molecule has 0 rings (SSSR count). The first-order valence-electron chi connectivity index (χ1n) is 4.91. The van der Waals surface area contributed by atoms with Crippen LogP contribution in [0.4, 0.5) is 0 Å². The van der Waals surface area contributed by atoms with Crippen molar-refractivity contribution in [2.24, 2.45) is 5.73 Å². The number of carbonyl (C=O) groups is 2. The van der Waals surface area contributed by atoms with Crippen LogP contribution in [0, 0.1) is 0 Å². The fourth-order valence-corrected chi connectivity index (χ4v) is 1.10. The summed E-state index contributed by atoms with van der Waals surface area (Å²) >= 11 is 0. The number of carbonyl (C=O) groups excluding carboxylic acids is 1. The lowest BCUT2D eigenvalue weighted by atomic mass is 10.0. The molecule has 0 heterocycles. The molecule has 0 radical (unpaired) electrons. The molecule has 8 heteroatoms. The van der Waals surface area contributed by atoms with E-state index < -0.39 is 43.0 Å². The highest BCUT2D eigenvalue weighted by atomic mass is 16.5. The van der Waals surface area contributed by atoms with Crippen molar-refractivity contribution < 1.29 is 34.8 Å². The maximum absolute atomic E-state index is 10.6. The van der Waals surface area contributed by atoms with E-state index in [4.69, 9.17) is 20.7 Å². The second-order valence-corrected chi connectivity index (χ2v) is 3.54. The van der Waals surface area contributed by atoms with Crippen LogP contribution in [-0.2, 0) is 14.3 Å². The van der Waals surface area contributed by atoms with Gasteiger partial charge in [0, 0.05) is 0 Å². The van der Waals surface area contributed by atoms with Crippen molar-refractivity contribution in [1.82, 2.24) is 0 Å². The molecule has 0 aromatic rings. The van der Waals surface area contributed by atoms with Crippen LogP contribution in [0.1, 0.15) is 6.92 Å². The Hall–Kier alpha value is -1.06. The molecule has 1 unspecified atom stereocenters. The van der Waals surface area contributed by atoms with E-state index in [1.807, 2.05) is 0 Å². The van der Waals surface area contributed by atoms with E-state index in [9.17, 15) is 19.8 Å². The van der Waals surface area contributed by atoms with E-state index in [-0.39, 0.29) is 6.29 Å². The Morgan fingerprint density at radius 2 is 2.00 bits per heavy atom. The molecule has 0 aromatic carbocycles. The van der Waals surface area contributed by atoms with Crippen LogP contribution in [0.3, 0.4) is 0 Å². The van der Waals surface area contributed by atoms with Gasteiger partial charge in [-0.3, -0.25) is 0 Å².